The molecule has 0 unspecified atom stereocenters. The van der Waals surface area contributed by atoms with Crippen LogP contribution in [0.2, 0.25) is 0 Å². The van der Waals surface area contributed by atoms with Crippen molar-refractivity contribution in [3.63, 3.8) is 0 Å². The molecule has 1 aliphatic heterocycles. The monoisotopic (exact) mass is 371 g/mol. The number of aromatic nitrogens is 1. The van der Waals surface area contributed by atoms with Gasteiger partial charge in [-0.3, -0.25) is 4.79 Å². The molecule has 138 valence electrons. The van der Waals surface area contributed by atoms with E-state index < -0.39 is 0 Å². The van der Waals surface area contributed by atoms with Gasteiger partial charge in [0, 0.05) is 6.20 Å². The molecule has 1 fully saturated rings. The van der Waals surface area contributed by atoms with Gasteiger partial charge in [-0.05, 0) is 36.4 Å². The van der Waals surface area contributed by atoms with E-state index in [0.29, 0.717) is 41.6 Å². The minimum atomic E-state index is -0.187. The number of nitrogens with zero attached hydrogens (tertiary/aromatic N) is 3. The molecule has 28 heavy (non-hydrogen) atoms. The maximum Gasteiger partial charge on any atom is 0.257 e. The highest BCUT2D eigenvalue weighted by molar-refractivity contribution is 5.97. The van der Waals surface area contributed by atoms with Gasteiger partial charge < -0.3 is 14.4 Å². The number of hydrogen-bond acceptors (Lipinski definition) is 5. The number of carbonyl (C=O) groups is 1. The van der Waals surface area contributed by atoms with Crippen molar-refractivity contribution in [2.75, 3.05) is 13.1 Å². The summed E-state index contributed by atoms with van der Waals surface area (Å²) in [6.45, 7) is 0.861. The van der Waals surface area contributed by atoms with Crippen molar-refractivity contribution in [3.8, 4) is 23.4 Å². The van der Waals surface area contributed by atoms with Crippen LogP contribution in [0.5, 0.6) is 17.4 Å². The molecule has 1 aliphatic rings. The molecule has 6 nitrogen and oxygen atoms in total. The summed E-state index contributed by atoms with van der Waals surface area (Å²) in [7, 11) is 0. The Balaban J connectivity index is 1.42. The molecule has 2 aromatic carbocycles. The van der Waals surface area contributed by atoms with Crippen molar-refractivity contribution in [2.45, 2.75) is 6.10 Å². The molecule has 6 heteroatoms. The second-order valence-electron chi connectivity index (χ2n) is 6.33. The predicted octanol–water partition coefficient (Wildman–Crippen LogP) is 3.65. The minimum Gasteiger partial charge on any atom is -0.470 e. The lowest BCUT2D eigenvalue weighted by Gasteiger charge is -2.38. The maximum atomic E-state index is 12.9. The van der Waals surface area contributed by atoms with Crippen LogP contribution in [0.4, 0.5) is 0 Å². The van der Waals surface area contributed by atoms with Gasteiger partial charge in [-0.1, -0.05) is 30.3 Å². The topological polar surface area (TPSA) is 75.5 Å². The predicted molar refractivity (Wildman–Crippen MR) is 102 cm³/mol. The lowest BCUT2D eigenvalue weighted by molar-refractivity contribution is 0.0157. The van der Waals surface area contributed by atoms with Gasteiger partial charge in [0.05, 0.1) is 18.7 Å². The standard InChI is InChI=1S/C22H17N3O3/c23-13-16-7-6-12-24-21(16)28-18-14-25(15-18)22(26)19-10-4-5-11-20(19)27-17-8-2-1-3-9-17/h1-12,18H,14-15H2. The Morgan fingerprint density at radius 1 is 1.04 bits per heavy atom. The molecule has 0 aliphatic carbocycles. The van der Waals surface area contributed by atoms with E-state index in [1.807, 2.05) is 42.5 Å². The van der Waals surface area contributed by atoms with E-state index in [1.165, 1.54) is 0 Å². The Morgan fingerprint density at radius 3 is 2.57 bits per heavy atom. The Bertz CT molecular complexity index is 1020. The van der Waals surface area contributed by atoms with Gasteiger partial charge in [0.25, 0.3) is 5.91 Å². The molecule has 0 bridgehead atoms. The third kappa shape index (κ3) is 3.64. The molecular weight excluding hydrogens is 354 g/mol. The molecule has 2 heterocycles. The van der Waals surface area contributed by atoms with Gasteiger partial charge in [-0.2, -0.15) is 5.26 Å². The number of para-hydroxylation sites is 2. The average molecular weight is 371 g/mol. The largest absolute Gasteiger partial charge is 0.470 e. The van der Waals surface area contributed by atoms with E-state index in [4.69, 9.17) is 14.7 Å². The zero-order valence-corrected chi connectivity index (χ0v) is 15.0. The number of nitriles is 1. The first kappa shape index (κ1) is 17.6. The van der Waals surface area contributed by atoms with Crippen LogP contribution in [0.3, 0.4) is 0 Å². The molecule has 0 atom stereocenters. The summed E-state index contributed by atoms with van der Waals surface area (Å²) in [6, 6.07) is 21.9. The van der Waals surface area contributed by atoms with Crippen molar-refractivity contribution in [1.29, 1.82) is 5.26 Å². The van der Waals surface area contributed by atoms with Crippen molar-refractivity contribution in [2.24, 2.45) is 0 Å². The zero-order chi connectivity index (χ0) is 19.3. The van der Waals surface area contributed by atoms with Crippen molar-refractivity contribution >= 4 is 5.91 Å². The third-order valence-corrected chi connectivity index (χ3v) is 4.39. The summed E-state index contributed by atoms with van der Waals surface area (Å²) >= 11 is 0. The van der Waals surface area contributed by atoms with E-state index in [0.717, 1.165) is 0 Å². The van der Waals surface area contributed by atoms with Crippen LogP contribution in [0.15, 0.2) is 72.9 Å². The van der Waals surface area contributed by atoms with E-state index in [1.54, 1.807) is 35.4 Å². The van der Waals surface area contributed by atoms with Crippen molar-refractivity contribution < 1.29 is 14.3 Å². The SMILES string of the molecule is N#Cc1cccnc1OC1CN(C(=O)c2ccccc2Oc2ccccc2)C1. The van der Waals surface area contributed by atoms with Gasteiger partial charge in [-0.25, -0.2) is 4.98 Å². The van der Waals surface area contributed by atoms with Gasteiger partial charge in [0.2, 0.25) is 5.88 Å². The highest BCUT2D eigenvalue weighted by Gasteiger charge is 2.34. The quantitative estimate of drug-likeness (QED) is 0.684. The second kappa shape index (κ2) is 7.80. The lowest BCUT2D eigenvalue weighted by atomic mass is 10.1. The average Bonchev–Trinajstić information content (AvgIpc) is 2.71. The van der Waals surface area contributed by atoms with Crippen LogP contribution in [0, 0.1) is 11.3 Å². The van der Waals surface area contributed by atoms with E-state index in [-0.39, 0.29) is 12.0 Å². The molecule has 1 aromatic heterocycles. The molecule has 1 saturated heterocycles. The van der Waals surface area contributed by atoms with Crippen LogP contribution >= 0.6 is 0 Å². The second-order valence-corrected chi connectivity index (χ2v) is 6.33. The molecule has 0 spiro atoms. The molecule has 0 radical (unpaired) electrons. The number of hydrogen-bond donors (Lipinski definition) is 0. The first-order chi connectivity index (χ1) is 13.7. The highest BCUT2D eigenvalue weighted by atomic mass is 16.5. The van der Waals surface area contributed by atoms with Crippen LogP contribution in [-0.2, 0) is 0 Å². The summed E-state index contributed by atoms with van der Waals surface area (Å²) in [5.41, 5.74) is 0.884. The van der Waals surface area contributed by atoms with Gasteiger partial charge in [-0.15, -0.1) is 0 Å². The lowest BCUT2D eigenvalue weighted by Crippen LogP contribution is -2.56. The molecule has 3 aromatic rings. The van der Waals surface area contributed by atoms with Gasteiger partial charge in [0.15, 0.2) is 0 Å². The van der Waals surface area contributed by atoms with Crippen LogP contribution < -0.4 is 9.47 Å². The summed E-state index contributed by atoms with van der Waals surface area (Å²) in [5.74, 6) is 1.37. The molecule has 0 N–H and O–H groups in total. The van der Waals surface area contributed by atoms with E-state index in [2.05, 4.69) is 11.1 Å². The number of amides is 1. The number of likely N-dealkylation sites (tertiary alicyclic amines) is 1. The summed E-state index contributed by atoms with van der Waals surface area (Å²) in [6.07, 6.45) is 1.39. The Hall–Kier alpha value is -3.85. The van der Waals surface area contributed by atoms with Crippen LogP contribution in [0.25, 0.3) is 0 Å². The molecular formula is C22H17N3O3. The smallest absolute Gasteiger partial charge is 0.257 e. The maximum absolute atomic E-state index is 12.9. The molecule has 0 saturated carbocycles. The third-order valence-electron chi connectivity index (χ3n) is 4.39. The Morgan fingerprint density at radius 2 is 1.79 bits per heavy atom. The summed E-state index contributed by atoms with van der Waals surface area (Å²) in [4.78, 5) is 18.7. The number of pyridine rings is 1. The fourth-order valence-corrected chi connectivity index (χ4v) is 2.92. The highest BCUT2D eigenvalue weighted by Crippen LogP contribution is 2.28. The van der Waals surface area contributed by atoms with Gasteiger partial charge >= 0.3 is 0 Å². The molecule has 4 rings (SSSR count). The molecule has 1 amide bonds. The summed E-state index contributed by atoms with van der Waals surface area (Å²) < 4.78 is 11.6. The fraction of sp³-hybridized carbons (Fsp3) is 0.136. The van der Waals surface area contributed by atoms with Crippen LogP contribution in [-0.4, -0.2) is 35.0 Å². The minimum absolute atomic E-state index is 0.118. The van der Waals surface area contributed by atoms with Gasteiger partial charge in [0.1, 0.15) is 29.2 Å². The normalized spacial score (nSPS) is 13.3. The number of rotatable bonds is 5. The van der Waals surface area contributed by atoms with E-state index in [9.17, 15) is 4.79 Å². The summed E-state index contributed by atoms with van der Waals surface area (Å²) in [5, 5.41) is 9.11. The Kier molecular flexibility index (Phi) is 4.89. The van der Waals surface area contributed by atoms with Crippen molar-refractivity contribution in [1.82, 2.24) is 9.88 Å². The van der Waals surface area contributed by atoms with Crippen molar-refractivity contribution in [3.05, 3.63) is 84.1 Å². The number of carbonyl (C=O) groups excluding carboxylic acids is 1. The number of benzene rings is 2. The first-order valence-corrected chi connectivity index (χ1v) is 8.87. The zero-order valence-electron chi connectivity index (χ0n) is 15.0. The Labute approximate surface area is 162 Å². The fourth-order valence-electron chi connectivity index (χ4n) is 2.92. The van der Waals surface area contributed by atoms with Crippen LogP contribution in [0.1, 0.15) is 15.9 Å². The first-order valence-electron chi connectivity index (χ1n) is 8.87. The van der Waals surface area contributed by atoms with E-state index >= 15 is 0 Å². The number of ether oxygens (including phenoxy) is 2.